The van der Waals surface area contributed by atoms with Crippen molar-refractivity contribution in [3.05, 3.63) is 166 Å². The number of hydrogen-bond donors (Lipinski definition) is 0. The smallest absolute Gasteiger partial charge is 0.238 e. The fourth-order valence-electron chi connectivity index (χ4n) is 8.35. The van der Waals surface area contributed by atoms with Crippen molar-refractivity contribution in [2.24, 2.45) is 0 Å². The lowest BCUT2D eigenvalue weighted by Gasteiger charge is -2.23. The summed E-state index contributed by atoms with van der Waals surface area (Å²) in [6.45, 7) is 4.92. The molecule has 20 heteroatoms. The molecule has 348 valence electrons. The minimum atomic E-state index is -1.18. The quantitative estimate of drug-likeness (QED) is 0.0962. The lowest BCUT2D eigenvalue weighted by Crippen LogP contribution is -2.20. The molecule has 10 rings (SSSR count). The van der Waals surface area contributed by atoms with E-state index in [0.29, 0.717) is 85.2 Å². The van der Waals surface area contributed by atoms with Gasteiger partial charge in [-0.15, -0.1) is 0 Å². The van der Waals surface area contributed by atoms with E-state index in [1.807, 2.05) is 59.6 Å². The minimum absolute atomic E-state index is 0.305. The largest absolute Gasteiger partial charge is 0.479 e. The van der Waals surface area contributed by atoms with Crippen LogP contribution >= 0.6 is 0 Å². The lowest BCUT2D eigenvalue weighted by molar-refractivity contribution is 0.395. The van der Waals surface area contributed by atoms with Crippen LogP contribution in [0, 0.1) is 48.8 Å². The minimum Gasteiger partial charge on any atom is -0.479 e. The molecule has 0 aliphatic carbocycles. The highest BCUT2D eigenvalue weighted by atomic mass is 19.2. The Hall–Kier alpha value is -7.90. The molecule has 0 radical (unpaired) electrons. The molecule has 0 unspecified atom stereocenters. The van der Waals surface area contributed by atoms with Crippen LogP contribution < -0.4 is 9.47 Å². The van der Waals surface area contributed by atoms with Gasteiger partial charge >= 0.3 is 0 Å². The maximum atomic E-state index is 14.4. The molecule has 2 aliphatic heterocycles. The lowest BCUT2D eigenvalue weighted by atomic mass is 9.90. The predicted molar refractivity (Wildman–Crippen MR) is 238 cm³/mol. The average molecular weight is 933 g/mol. The van der Waals surface area contributed by atoms with Gasteiger partial charge < -0.3 is 18.6 Å². The van der Waals surface area contributed by atoms with Crippen LogP contribution in [0.4, 0.5) is 26.3 Å². The van der Waals surface area contributed by atoms with Gasteiger partial charge in [0.1, 0.15) is 34.7 Å². The summed E-state index contributed by atoms with van der Waals surface area (Å²) < 4.78 is 103. The number of hydrogen-bond acceptors (Lipinski definition) is 10. The highest BCUT2D eigenvalue weighted by Crippen LogP contribution is 2.38. The molecule has 2 atom stereocenters. The first kappa shape index (κ1) is 45.3. The SMILES string of the molecule is COc1nc(/C=C/c2nc3n(n2)CCC[C@@H]3c2c(F)ccc(F)c2F)ccc1-n1cnc(C)c1.COc1nc(/C=C/c2nc3n(n2)CCC[C@H]3c2c(F)ccc(F)c2F)ccc1-n1cnc(C)c1. The van der Waals surface area contributed by atoms with E-state index in [-0.39, 0.29) is 11.1 Å². The molecular formula is C48H42F6N12O2. The Morgan fingerprint density at radius 1 is 0.529 bits per heavy atom. The zero-order valence-corrected chi connectivity index (χ0v) is 37.1. The topological polar surface area (TPSA) is 141 Å². The van der Waals surface area contributed by atoms with Gasteiger partial charge in [-0.3, -0.25) is 0 Å². The second-order valence-electron chi connectivity index (χ2n) is 16.0. The highest BCUT2D eigenvalue weighted by Gasteiger charge is 2.33. The van der Waals surface area contributed by atoms with Crippen LogP contribution in [0.25, 0.3) is 35.7 Å². The van der Waals surface area contributed by atoms with Crippen molar-refractivity contribution in [2.75, 3.05) is 14.2 Å². The van der Waals surface area contributed by atoms with E-state index in [1.165, 1.54) is 0 Å². The van der Waals surface area contributed by atoms with Gasteiger partial charge in [-0.05, 0) is 112 Å². The van der Waals surface area contributed by atoms with E-state index in [4.69, 9.17) is 9.47 Å². The molecule has 8 aromatic rings. The van der Waals surface area contributed by atoms with Gasteiger partial charge in [0.05, 0.1) is 49.6 Å². The monoisotopic (exact) mass is 932 g/mol. The molecule has 8 heterocycles. The normalized spacial score (nSPS) is 15.6. The van der Waals surface area contributed by atoms with Crippen LogP contribution in [0.15, 0.2) is 73.6 Å². The Balaban J connectivity index is 0.000000170. The zero-order chi connectivity index (χ0) is 47.6. The molecule has 14 nitrogen and oxygen atoms in total. The number of methoxy groups -OCH3 is 2. The third-order valence-corrected chi connectivity index (χ3v) is 11.5. The molecule has 68 heavy (non-hydrogen) atoms. The third-order valence-electron chi connectivity index (χ3n) is 11.5. The molecule has 0 N–H and O–H groups in total. The molecule has 6 aromatic heterocycles. The number of benzene rings is 2. The molecule has 0 spiro atoms. The molecule has 0 saturated heterocycles. The number of ether oxygens (including phenoxy) is 2. The van der Waals surface area contributed by atoms with Crippen molar-refractivity contribution in [3.63, 3.8) is 0 Å². The van der Waals surface area contributed by atoms with Crippen molar-refractivity contribution in [1.29, 1.82) is 0 Å². The summed E-state index contributed by atoms with van der Waals surface area (Å²) in [5, 5.41) is 8.89. The molecular weight excluding hydrogens is 891 g/mol. The summed E-state index contributed by atoms with van der Waals surface area (Å²) in [6.07, 6.45) is 16.1. The van der Waals surface area contributed by atoms with Crippen molar-refractivity contribution in [1.82, 2.24) is 58.6 Å². The zero-order valence-electron chi connectivity index (χ0n) is 37.1. The number of imidazole rings is 2. The fourth-order valence-corrected chi connectivity index (χ4v) is 8.35. The highest BCUT2D eigenvalue weighted by molar-refractivity contribution is 5.67. The van der Waals surface area contributed by atoms with Crippen LogP contribution in [0.5, 0.6) is 11.8 Å². The Morgan fingerprint density at radius 3 is 1.32 bits per heavy atom. The van der Waals surface area contributed by atoms with Gasteiger partial charge in [0, 0.05) is 48.4 Å². The fraction of sp³-hybridized carbons (Fsp3) is 0.250. The standard InChI is InChI=1S/2C24H21F3N6O/c2*1-14-12-32(13-28-14)19-9-5-15(29-24(19)34-2)6-10-20-30-23-16(4-3-11-33(23)31-20)21-17(25)7-8-18(26)22(21)27/h2*5-10,12-13,16H,3-4,11H2,1-2H3/b2*10-6+/t2*16-/m10/s1. The molecule has 2 aromatic carbocycles. The maximum absolute atomic E-state index is 14.4. The molecule has 2 aliphatic rings. The Labute approximate surface area is 385 Å². The van der Waals surface area contributed by atoms with Gasteiger partial charge in [-0.1, -0.05) is 0 Å². The van der Waals surface area contributed by atoms with E-state index >= 15 is 0 Å². The van der Waals surface area contributed by atoms with Crippen LogP contribution in [0.2, 0.25) is 0 Å². The van der Waals surface area contributed by atoms with Gasteiger partial charge in [0.2, 0.25) is 11.8 Å². The van der Waals surface area contributed by atoms with Crippen LogP contribution in [-0.4, -0.2) is 72.8 Å². The third kappa shape index (κ3) is 9.12. The summed E-state index contributed by atoms with van der Waals surface area (Å²) in [6, 6.07) is 10.8. The molecule has 0 fully saturated rings. The summed E-state index contributed by atoms with van der Waals surface area (Å²) >= 11 is 0. The Morgan fingerprint density at radius 2 is 0.941 bits per heavy atom. The number of halogens is 6. The number of aryl methyl sites for hydroxylation is 4. The van der Waals surface area contributed by atoms with Crippen molar-refractivity contribution in [2.45, 2.75) is 64.5 Å². The molecule has 0 saturated carbocycles. The number of pyridine rings is 2. The first-order valence-corrected chi connectivity index (χ1v) is 21.5. The van der Waals surface area contributed by atoms with E-state index in [9.17, 15) is 26.3 Å². The van der Waals surface area contributed by atoms with Crippen LogP contribution in [-0.2, 0) is 13.1 Å². The summed E-state index contributed by atoms with van der Waals surface area (Å²) in [5.74, 6) is -5.12. The second kappa shape index (κ2) is 19.1. The average Bonchev–Trinajstić information content (AvgIpc) is 4.17. The van der Waals surface area contributed by atoms with Gasteiger partial charge in [0.15, 0.2) is 34.9 Å². The first-order chi connectivity index (χ1) is 32.9. The van der Waals surface area contributed by atoms with Gasteiger partial charge in [0.25, 0.3) is 0 Å². The van der Waals surface area contributed by atoms with Crippen LogP contribution in [0.1, 0.15) is 94.7 Å². The van der Waals surface area contributed by atoms with E-state index in [0.717, 1.165) is 47.0 Å². The van der Waals surface area contributed by atoms with Crippen LogP contribution in [0.3, 0.4) is 0 Å². The summed E-state index contributed by atoms with van der Waals surface area (Å²) in [4.78, 5) is 26.4. The first-order valence-electron chi connectivity index (χ1n) is 21.5. The van der Waals surface area contributed by atoms with Crippen molar-refractivity contribution >= 4 is 24.3 Å². The molecule has 0 bridgehead atoms. The van der Waals surface area contributed by atoms with E-state index in [1.54, 1.807) is 60.5 Å². The van der Waals surface area contributed by atoms with Gasteiger partial charge in [-0.2, -0.15) is 10.2 Å². The number of aromatic nitrogens is 12. The van der Waals surface area contributed by atoms with E-state index < -0.39 is 46.7 Å². The maximum Gasteiger partial charge on any atom is 0.238 e. The van der Waals surface area contributed by atoms with Crippen molar-refractivity contribution in [3.8, 4) is 23.1 Å². The van der Waals surface area contributed by atoms with Crippen molar-refractivity contribution < 1.29 is 35.8 Å². The molecule has 0 amide bonds. The number of fused-ring (bicyclic) bond motifs is 2. The predicted octanol–water partition coefficient (Wildman–Crippen LogP) is 9.38. The summed E-state index contributed by atoms with van der Waals surface area (Å²) in [7, 11) is 3.08. The summed E-state index contributed by atoms with van der Waals surface area (Å²) in [5.41, 5.74) is 3.86. The van der Waals surface area contributed by atoms with E-state index in [2.05, 4.69) is 40.1 Å². The Bertz CT molecular complexity index is 3000. The number of nitrogens with zero attached hydrogens (tertiary/aromatic N) is 12. The van der Waals surface area contributed by atoms with Gasteiger partial charge in [-0.25, -0.2) is 65.6 Å². The number of rotatable bonds is 10. The Kier molecular flexibility index (Phi) is 12.7. The second-order valence-corrected chi connectivity index (χ2v) is 16.0.